The largest absolute Gasteiger partial charge is 0.483 e. The minimum atomic E-state index is -4.62. The molecule has 1 heterocycles. The van der Waals surface area contributed by atoms with Crippen molar-refractivity contribution in [2.45, 2.75) is 83.5 Å². The quantitative estimate of drug-likeness (QED) is 0.464. The zero-order chi connectivity index (χ0) is 24.3. The van der Waals surface area contributed by atoms with E-state index in [1.54, 1.807) is 0 Å². The first-order valence-electron chi connectivity index (χ1n) is 12.8. The van der Waals surface area contributed by atoms with Crippen LogP contribution in [0.15, 0.2) is 12.4 Å². The smallest absolute Gasteiger partial charge is 0.451 e. The molecule has 8 atom stereocenters. The Bertz CT molecular complexity index is 922. The SMILES string of the molecule is CC1CCC2(F)C(CCC3C2CCC2(C)C3CC[C@@H]2C(=O)COc2cnc(C(F)(F)F)nc2)C1. The summed E-state index contributed by atoms with van der Waals surface area (Å²) < 4.78 is 59.8. The average molecular weight is 483 g/mol. The van der Waals surface area contributed by atoms with E-state index in [0.29, 0.717) is 24.2 Å². The fraction of sp³-hybridized carbons (Fsp3) is 0.808. The Morgan fingerprint density at radius 3 is 2.50 bits per heavy atom. The molecule has 34 heavy (non-hydrogen) atoms. The lowest BCUT2D eigenvalue weighted by Gasteiger charge is -2.58. The predicted molar refractivity (Wildman–Crippen MR) is 118 cm³/mol. The number of rotatable bonds is 4. The van der Waals surface area contributed by atoms with Crippen LogP contribution in [0, 0.1) is 40.9 Å². The Hall–Kier alpha value is -1.73. The van der Waals surface area contributed by atoms with Gasteiger partial charge in [-0.2, -0.15) is 13.2 Å². The number of ketones is 1. The summed E-state index contributed by atoms with van der Waals surface area (Å²) in [5.41, 5.74) is -1.20. The number of hydrogen-bond donors (Lipinski definition) is 0. The highest BCUT2D eigenvalue weighted by molar-refractivity contribution is 5.83. The van der Waals surface area contributed by atoms with E-state index in [2.05, 4.69) is 23.8 Å². The number of alkyl halides is 4. The monoisotopic (exact) mass is 482 g/mol. The second kappa shape index (κ2) is 8.44. The van der Waals surface area contributed by atoms with E-state index in [9.17, 15) is 18.0 Å². The van der Waals surface area contributed by atoms with Crippen LogP contribution in [0.3, 0.4) is 0 Å². The summed E-state index contributed by atoms with van der Waals surface area (Å²) in [5, 5.41) is 0. The van der Waals surface area contributed by atoms with Gasteiger partial charge in [0.1, 0.15) is 12.3 Å². The van der Waals surface area contributed by atoms with E-state index in [-0.39, 0.29) is 41.3 Å². The number of aromatic nitrogens is 2. The molecule has 0 amide bonds. The normalized spacial score (nSPS) is 41.8. The molecule has 188 valence electrons. The van der Waals surface area contributed by atoms with Crippen LogP contribution >= 0.6 is 0 Å². The van der Waals surface area contributed by atoms with E-state index in [1.807, 2.05) is 0 Å². The fourth-order valence-corrected chi connectivity index (χ4v) is 8.32. The first kappa shape index (κ1) is 24.0. The molecule has 4 aliphatic rings. The molecule has 1 aromatic rings. The van der Waals surface area contributed by atoms with Gasteiger partial charge in [-0.1, -0.05) is 13.8 Å². The molecule has 7 unspecified atom stereocenters. The minimum Gasteiger partial charge on any atom is -0.483 e. The lowest BCUT2D eigenvalue weighted by atomic mass is 9.48. The molecule has 8 heteroatoms. The van der Waals surface area contributed by atoms with Crippen LogP contribution in [-0.2, 0) is 11.0 Å². The van der Waals surface area contributed by atoms with Crippen molar-refractivity contribution in [2.24, 2.45) is 40.9 Å². The molecule has 0 aliphatic heterocycles. The molecule has 0 aromatic carbocycles. The first-order chi connectivity index (χ1) is 16.0. The molecular weight excluding hydrogens is 448 g/mol. The summed E-state index contributed by atoms with van der Waals surface area (Å²) in [7, 11) is 0. The molecule has 1 aromatic heterocycles. The summed E-state index contributed by atoms with van der Waals surface area (Å²) in [5.74, 6) is 0.245. The second-order valence-corrected chi connectivity index (χ2v) is 11.6. The van der Waals surface area contributed by atoms with Gasteiger partial charge in [-0.05, 0) is 92.8 Å². The Kier molecular flexibility index (Phi) is 5.95. The van der Waals surface area contributed by atoms with Crippen LogP contribution in [-0.4, -0.2) is 28.0 Å². The second-order valence-electron chi connectivity index (χ2n) is 11.6. The maximum absolute atomic E-state index is 16.4. The number of halogens is 4. The summed E-state index contributed by atoms with van der Waals surface area (Å²) in [6.07, 6.45) is 5.40. The zero-order valence-electron chi connectivity index (χ0n) is 19.9. The Morgan fingerprint density at radius 1 is 1.06 bits per heavy atom. The third kappa shape index (κ3) is 3.93. The highest BCUT2D eigenvalue weighted by atomic mass is 19.4. The molecule has 0 bridgehead atoms. The van der Waals surface area contributed by atoms with Crippen LogP contribution in [0.2, 0.25) is 0 Å². The highest BCUT2D eigenvalue weighted by Gasteiger charge is 2.62. The van der Waals surface area contributed by atoms with Crippen molar-refractivity contribution >= 4 is 5.78 Å². The van der Waals surface area contributed by atoms with E-state index < -0.39 is 17.7 Å². The number of fused-ring (bicyclic) bond motifs is 5. The average Bonchev–Trinajstić information content (AvgIpc) is 3.15. The first-order valence-corrected chi connectivity index (χ1v) is 12.8. The topological polar surface area (TPSA) is 52.1 Å². The van der Waals surface area contributed by atoms with Crippen LogP contribution in [0.25, 0.3) is 0 Å². The third-order valence-corrected chi connectivity index (χ3v) is 9.94. The number of ether oxygens (including phenoxy) is 1. The summed E-state index contributed by atoms with van der Waals surface area (Å²) in [6, 6.07) is 0. The van der Waals surface area contributed by atoms with Gasteiger partial charge in [0.05, 0.1) is 12.4 Å². The molecule has 0 saturated heterocycles. The van der Waals surface area contributed by atoms with Gasteiger partial charge in [0.2, 0.25) is 5.82 Å². The summed E-state index contributed by atoms with van der Waals surface area (Å²) >= 11 is 0. The van der Waals surface area contributed by atoms with Crippen LogP contribution < -0.4 is 4.74 Å². The standard InChI is InChI=1S/C26H34F4N2O2/c1-15-7-10-25(27)16(11-15)3-4-18-19-5-6-21(24(19,2)9-8-20(18)25)22(33)14-34-17-12-31-23(32-13-17)26(28,29)30/h12-13,15-16,18-21H,3-11,14H2,1-2H3/t15?,16?,18?,19?,20?,21-,24?,25?/m1/s1. The van der Waals surface area contributed by atoms with Gasteiger partial charge >= 0.3 is 6.18 Å². The van der Waals surface area contributed by atoms with Crippen molar-refractivity contribution in [3.63, 3.8) is 0 Å². The van der Waals surface area contributed by atoms with Crippen molar-refractivity contribution < 1.29 is 27.1 Å². The molecule has 0 N–H and O–H groups in total. The van der Waals surface area contributed by atoms with Crippen LogP contribution in [0.1, 0.15) is 77.5 Å². The van der Waals surface area contributed by atoms with Crippen molar-refractivity contribution in [3.05, 3.63) is 18.2 Å². The maximum atomic E-state index is 16.4. The number of carbonyl (C=O) groups is 1. The molecular formula is C26H34F4N2O2. The van der Waals surface area contributed by atoms with E-state index in [4.69, 9.17) is 4.74 Å². The van der Waals surface area contributed by atoms with Crippen LogP contribution in [0.5, 0.6) is 5.75 Å². The van der Waals surface area contributed by atoms with E-state index >= 15 is 4.39 Å². The van der Waals surface area contributed by atoms with Gasteiger partial charge in [0.25, 0.3) is 0 Å². The van der Waals surface area contributed by atoms with Gasteiger partial charge < -0.3 is 4.74 Å². The summed E-state index contributed by atoms with van der Waals surface area (Å²) in [4.78, 5) is 19.7. The zero-order valence-corrected chi connectivity index (χ0v) is 19.9. The van der Waals surface area contributed by atoms with Crippen LogP contribution in [0.4, 0.5) is 17.6 Å². The molecule has 4 nitrogen and oxygen atoms in total. The van der Waals surface area contributed by atoms with Crippen molar-refractivity contribution in [2.75, 3.05) is 6.61 Å². The molecule has 5 rings (SSSR count). The summed E-state index contributed by atoms with van der Waals surface area (Å²) in [6.45, 7) is 4.24. The van der Waals surface area contributed by atoms with E-state index in [1.165, 1.54) is 0 Å². The molecule has 4 saturated carbocycles. The van der Waals surface area contributed by atoms with Crippen molar-refractivity contribution in [3.8, 4) is 5.75 Å². The maximum Gasteiger partial charge on any atom is 0.451 e. The number of carbonyl (C=O) groups excluding carboxylic acids is 1. The van der Waals surface area contributed by atoms with Gasteiger partial charge in [-0.3, -0.25) is 4.79 Å². The Balaban J connectivity index is 1.25. The fourth-order valence-electron chi connectivity index (χ4n) is 8.32. The van der Waals surface area contributed by atoms with E-state index in [0.717, 1.165) is 63.8 Å². The Morgan fingerprint density at radius 2 is 1.79 bits per heavy atom. The van der Waals surface area contributed by atoms with Gasteiger partial charge in [0, 0.05) is 5.92 Å². The number of nitrogens with zero attached hydrogens (tertiary/aromatic N) is 2. The van der Waals surface area contributed by atoms with Gasteiger partial charge in [-0.15, -0.1) is 0 Å². The van der Waals surface area contributed by atoms with Gasteiger partial charge in [-0.25, -0.2) is 14.4 Å². The molecule has 0 radical (unpaired) electrons. The Labute approximate surface area is 198 Å². The predicted octanol–water partition coefficient (Wildman–Crippen LogP) is 6.44. The molecule has 4 fully saturated rings. The number of Topliss-reactive ketones (excluding diaryl/α,β-unsaturated/α-hetero) is 1. The van der Waals surface area contributed by atoms with Crippen molar-refractivity contribution in [1.82, 2.24) is 9.97 Å². The molecule has 0 spiro atoms. The third-order valence-electron chi connectivity index (χ3n) is 9.94. The number of hydrogen-bond acceptors (Lipinski definition) is 4. The van der Waals surface area contributed by atoms with Crippen molar-refractivity contribution in [1.29, 1.82) is 0 Å². The van der Waals surface area contributed by atoms with Gasteiger partial charge in [0.15, 0.2) is 11.5 Å². The minimum absolute atomic E-state index is 0.0292. The lowest BCUT2D eigenvalue weighted by Crippen LogP contribution is -2.56. The lowest BCUT2D eigenvalue weighted by molar-refractivity contribution is -0.147. The highest BCUT2D eigenvalue weighted by Crippen LogP contribution is 2.66. The molecule has 4 aliphatic carbocycles.